The summed E-state index contributed by atoms with van der Waals surface area (Å²) in [6.07, 6.45) is 0.843. The second kappa shape index (κ2) is 8.81. The van der Waals surface area contributed by atoms with E-state index in [-0.39, 0.29) is 5.75 Å². The first-order valence-corrected chi connectivity index (χ1v) is 12.5. The van der Waals surface area contributed by atoms with Crippen LogP contribution in [0.3, 0.4) is 0 Å². The maximum Gasteiger partial charge on any atom is 0.334 e. The summed E-state index contributed by atoms with van der Waals surface area (Å²) in [7, 11) is -0.556. The average Bonchev–Trinajstić information content (AvgIpc) is 2.67. The van der Waals surface area contributed by atoms with Gasteiger partial charge in [0.1, 0.15) is 5.75 Å². The predicted octanol–water partition coefficient (Wildman–Crippen LogP) is 3.58. The Bertz CT molecular complexity index is 797. The van der Waals surface area contributed by atoms with Gasteiger partial charge in [0.15, 0.2) is 9.84 Å². The van der Waals surface area contributed by atoms with Gasteiger partial charge in [-0.15, -0.1) is 0 Å². The van der Waals surface area contributed by atoms with Crippen molar-refractivity contribution in [1.29, 1.82) is 0 Å². The summed E-state index contributed by atoms with van der Waals surface area (Å²) in [5.74, 6) is 0.610. The maximum atomic E-state index is 12.6. The molecule has 0 aliphatic rings. The number of methoxy groups -OCH3 is 1. The van der Waals surface area contributed by atoms with Crippen LogP contribution in [0.4, 0.5) is 0 Å². The molecule has 2 rings (SSSR count). The fourth-order valence-electron chi connectivity index (χ4n) is 2.55. The van der Waals surface area contributed by atoms with E-state index in [0.717, 1.165) is 23.6 Å². The highest BCUT2D eigenvalue weighted by Gasteiger charge is 2.28. The van der Waals surface area contributed by atoms with Crippen molar-refractivity contribution >= 4 is 18.4 Å². The number of aryl methyl sites for hydroxylation is 1. The number of benzene rings is 2. The molecule has 0 aliphatic carbocycles. The second-order valence-electron chi connectivity index (χ2n) is 6.29. The van der Waals surface area contributed by atoms with Gasteiger partial charge in [0, 0.05) is 14.2 Å². The van der Waals surface area contributed by atoms with Crippen LogP contribution < -0.4 is 4.74 Å². The molecule has 0 radical (unpaired) electrons. The smallest absolute Gasteiger partial charge is 0.334 e. The van der Waals surface area contributed by atoms with E-state index in [1.807, 2.05) is 30.8 Å². The Morgan fingerprint density at radius 3 is 1.88 bits per heavy atom. The van der Waals surface area contributed by atoms with E-state index < -0.39 is 18.4 Å². The molecular formula is C19H26O5SSi. The molecular weight excluding hydrogens is 368 g/mol. The average molecular weight is 395 g/mol. The van der Waals surface area contributed by atoms with E-state index >= 15 is 0 Å². The number of hydrogen-bond acceptors (Lipinski definition) is 5. The SMILES string of the molecule is COc1ccc(S(=O)(=O)Cc2ccc(CC[Si](C)(OC)OC)cc2)cc1. The van der Waals surface area contributed by atoms with Gasteiger partial charge < -0.3 is 13.6 Å². The van der Waals surface area contributed by atoms with Crippen LogP contribution in [-0.2, 0) is 30.9 Å². The molecule has 7 heteroatoms. The lowest BCUT2D eigenvalue weighted by Crippen LogP contribution is -2.36. The van der Waals surface area contributed by atoms with Gasteiger partial charge in [-0.2, -0.15) is 0 Å². The Kier molecular flexibility index (Phi) is 6.99. The molecule has 0 N–H and O–H groups in total. The van der Waals surface area contributed by atoms with Gasteiger partial charge in [0.2, 0.25) is 0 Å². The van der Waals surface area contributed by atoms with E-state index in [1.165, 1.54) is 0 Å². The van der Waals surface area contributed by atoms with Gasteiger partial charge in [0.25, 0.3) is 0 Å². The minimum absolute atomic E-state index is 0.0256. The molecule has 0 amide bonds. The lowest BCUT2D eigenvalue weighted by atomic mass is 10.1. The van der Waals surface area contributed by atoms with Crippen molar-refractivity contribution in [2.24, 2.45) is 0 Å². The van der Waals surface area contributed by atoms with Gasteiger partial charge >= 0.3 is 8.56 Å². The molecule has 5 nitrogen and oxygen atoms in total. The van der Waals surface area contributed by atoms with Crippen molar-refractivity contribution in [3.05, 3.63) is 59.7 Å². The fraction of sp³-hybridized carbons (Fsp3) is 0.368. The minimum atomic E-state index is -3.38. The summed E-state index contributed by atoms with van der Waals surface area (Å²) in [6, 6.07) is 15.0. The Hall–Kier alpha value is -1.67. The first-order chi connectivity index (χ1) is 12.3. The quantitative estimate of drug-likeness (QED) is 0.609. The first-order valence-electron chi connectivity index (χ1n) is 8.37. The first kappa shape index (κ1) is 20.6. The zero-order chi connectivity index (χ0) is 19.2. The molecule has 0 heterocycles. The van der Waals surface area contributed by atoms with Crippen LogP contribution in [-0.4, -0.2) is 38.3 Å². The minimum Gasteiger partial charge on any atom is -0.497 e. The molecule has 2 aromatic rings. The van der Waals surface area contributed by atoms with Crippen LogP contribution >= 0.6 is 0 Å². The van der Waals surface area contributed by atoms with E-state index in [9.17, 15) is 8.42 Å². The van der Waals surface area contributed by atoms with E-state index in [4.69, 9.17) is 13.6 Å². The Balaban J connectivity index is 2.03. The summed E-state index contributed by atoms with van der Waals surface area (Å²) in [5.41, 5.74) is 1.91. The van der Waals surface area contributed by atoms with E-state index in [1.54, 1.807) is 45.6 Å². The van der Waals surface area contributed by atoms with Gasteiger partial charge in [-0.3, -0.25) is 0 Å². The summed E-state index contributed by atoms with van der Waals surface area (Å²) >= 11 is 0. The Morgan fingerprint density at radius 1 is 0.846 bits per heavy atom. The van der Waals surface area contributed by atoms with Gasteiger partial charge in [0.05, 0.1) is 17.8 Å². The molecule has 0 spiro atoms. The third-order valence-corrected chi connectivity index (χ3v) is 9.12. The number of rotatable bonds is 9. The lowest BCUT2D eigenvalue weighted by molar-refractivity contribution is 0.249. The monoisotopic (exact) mass is 394 g/mol. The molecule has 0 atom stereocenters. The van der Waals surface area contributed by atoms with Crippen molar-refractivity contribution < 1.29 is 22.0 Å². The molecule has 0 saturated carbocycles. The molecule has 0 fully saturated rings. The Labute approximate surface area is 157 Å². The summed E-state index contributed by atoms with van der Waals surface area (Å²) in [5, 5.41) is 0. The van der Waals surface area contributed by atoms with Gasteiger partial charge in [-0.05, 0) is 54.4 Å². The van der Waals surface area contributed by atoms with Crippen molar-refractivity contribution in [1.82, 2.24) is 0 Å². The third kappa shape index (κ3) is 5.41. The molecule has 0 aliphatic heterocycles. The normalized spacial score (nSPS) is 12.2. The lowest BCUT2D eigenvalue weighted by Gasteiger charge is -2.22. The standard InChI is InChI=1S/C19H26O5SSi/c1-22-18-9-11-19(12-10-18)25(20,21)15-17-7-5-16(6-8-17)13-14-26(4,23-2)24-3/h5-12H,13-15H2,1-4H3. The maximum absolute atomic E-state index is 12.6. The van der Waals surface area contributed by atoms with Crippen LogP contribution in [0.5, 0.6) is 5.75 Å². The molecule has 26 heavy (non-hydrogen) atoms. The largest absolute Gasteiger partial charge is 0.497 e. The number of ether oxygens (including phenoxy) is 1. The predicted molar refractivity (Wildman–Crippen MR) is 104 cm³/mol. The number of hydrogen-bond donors (Lipinski definition) is 0. The van der Waals surface area contributed by atoms with Crippen LogP contribution in [0.15, 0.2) is 53.4 Å². The van der Waals surface area contributed by atoms with Crippen LogP contribution in [0.2, 0.25) is 12.6 Å². The summed E-state index contributed by atoms with van der Waals surface area (Å²) in [4.78, 5) is 0.296. The molecule has 0 bridgehead atoms. The zero-order valence-electron chi connectivity index (χ0n) is 15.7. The highest BCUT2D eigenvalue weighted by molar-refractivity contribution is 7.90. The molecule has 0 unspecified atom stereocenters. The van der Waals surface area contributed by atoms with Crippen molar-refractivity contribution in [3.8, 4) is 5.75 Å². The zero-order valence-corrected chi connectivity index (χ0v) is 17.5. The van der Waals surface area contributed by atoms with Crippen molar-refractivity contribution in [2.45, 2.75) is 29.7 Å². The summed E-state index contributed by atoms with van der Waals surface area (Å²) in [6.45, 7) is 2.03. The van der Waals surface area contributed by atoms with Crippen molar-refractivity contribution in [3.63, 3.8) is 0 Å². The van der Waals surface area contributed by atoms with Crippen LogP contribution in [0.1, 0.15) is 11.1 Å². The fourth-order valence-corrected chi connectivity index (χ4v) is 5.21. The second-order valence-corrected chi connectivity index (χ2v) is 11.9. The van der Waals surface area contributed by atoms with Crippen molar-refractivity contribution in [2.75, 3.05) is 21.3 Å². The molecule has 142 valence electrons. The van der Waals surface area contributed by atoms with E-state index in [2.05, 4.69) is 0 Å². The highest BCUT2D eigenvalue weighted by Crippen LogP contribution is 2.21. The molecule has 0 aromatic heterocycles. The van der Waals surface area contributed by atoms with Gasteiger partial charge in [-0.1, -0.05) is 24.3 Å². The molecule has 2 aromatic carbocycles. The van der Waals surface area contributed by atoms with Crippen LogP contribution in [0.25, 0.3) is 0 Å². The summed E-state index contributed by atoms with van der Waals surface area (Å²) < 4.78 is 41.2. The molecule has 0 saturated heterocycles. The highest BCUT2D eigenvalue weighted by atomic mass is 32.2. The van der Waals surface area contributed by atoms with Crippen LogP contribution in [0, 0.1) is 0 Å². The Morgan fingerprint density at radius 2 is 1.38 bits per heavy atom. The van der Waals surface area contributed by atoms with Gasteiger partial charge in [-0.25, -0.2) is 8.42 Å². The topological polar surface area (TPSA) is 61.8 Å². The number of sulfone groups is 1. The third-order valence-electron chi connectivity index (χ3n) is 4.53. The van der Waals surface area contributed by atoms with E-state index in [0.29, 0.717) is 10.6 Å².